The Labute approximate surface area is 245 Å². The van der Waals surface area contributed by atoms with Crippen LogP contribution in [-0.2, 0) is 33.3 Å². The molecule has 0 radical (unpaired) electrons. The van der Waals surface area contributed by atoms with Crippen molar-refractivity contribution in [2.24, 2.45) is 22.7 Å². The molecule has 5 rings (SSSR count). The Balaban J connectivity index is 1.84. The average molecular weight is 585 g/mol. The molecular formula is C32H40O10. The lowest BCUT2D eigenvalue weighted by Crippen LogP contribution is -2.81. The standard InChI is InChI=1S/C32H40O10/c1-16-14-32(38)27(41-28(37)20-11-9-8-10-12-20)25-30(7,21(35)13-22-31(25,15-39-22)42-19(4)34)26(36)24(40-18(3)33)23(17(16)2)29(32,5)6/h8-12,16,21-22,24-25,27,35,38H,13-15H2,1-7H3/t16-,21-,22+,24?,25?,27-,30+,31-,32+/m0/s1. The van der Waals surface area contributed by atoms with E-state index in [1.807, 2.05) is 13.8 Å². The Morgan fingerprint density at radius 2 is 1.67 bits per heavy atom. The van der Waals surface area contributed by atoms with Crippen LogP contribution < -0.4 is 0 Å². The van der Waals surface area contributed by atoms with E-state index in [0.717, 1.165) is 5.57 Å². The summed E-state index contributed by atoms with van der Waals surface area (Å²) in [6.07, 6.45) is -5.02. The summed E-state index contributed by atoms with van der Waals surface area (Å²) in [6.45, 7) is 11.0. The van der Waals surface area contributed by atoms with Gasteiger partial charge in [0.25, 0.3) is 0 Å². The van der Waals surface area contributed by atoms with Gasteiger partial charge < -0.3 is 29.2 Å². The highest BCUT2D eigenvalue weighted by atomic mass is 16.6. The van der Waals surface area contributed by atoms with Gasteiger partial charge >= 0.3 is 17.9 Å². The van der Waals surface area contributed by atoms with E-state index in [0.29, 0.717) is 5.57 Å². The molecule has 2 saturated carbocycles. The van der Waals surface area contributed by atoms with Gasteiger partial charge in [-0.1, -0.05) is 44.5 Å². The number of aliphatic hydroxyl groups is 2. The van der Waals surface area contributed by atoms with Crippen LogP contribution in [0.4, 0.5) is 0 Å². The summed E-state index contributed by atoms with van der Waals surface area (Å²) in [6, 6.07) is 8.26. The first kappa shape index (κ1) is 30.4. The minimum atomic E-state index is -1.86. The molecule has 0 aromatic heterocycles. The van der Waals surface area contributed by atoms with E-state index < -0.39 is 76.1 Å². The highest BCUT2D eigenvalue weighted by molar-refractivity contribution is 5.95. The third kappa shape index (κ3) is 4.09. The van der Waals surface area contributed by atoms with Crippen LogP contribution in [0, 0.1) is 22.7 Å². The molecule has 2 N–H and O–H groups in total. The number of ketones is 1. The van der Waals surface area contributed by atoms with Gasteiger partial charge in [-0.15, -0.1) is 0 Å². The molecule has 3 fully saturated rings. The van der Waals surface area contributed by atoms with Crippen LogP contribution in [0.25, 0.3) is 0 Å². The van der Waals surface area contributed by atoms with Crippen LogP contribution in [0.1, 0.15) is 71.7 Å². The topological polar surface area (TPSA) is 146 Å². The van der Waals surface area contributed by atoms with Gasteiger partial charge in [0.05, 0.1) is 29.6 Å². The summed E-state index contributed by atoms with van der Waals surface area (Å²) in [7, 11) is 0. The first-order valence-corrected chi connectivity index (χ1v) is 14.4. The molecule has 4 aliphatic rings. The molecule has 1 heterocycles. The number of aliphatic hydroxyl groups excluding tert-OH is 1. The molecule has 1 aromatic carbocycles. The fraction of sp³-hybridized carbons (Fsp3) is 0.625. The molecule has 228 valence electrons. The number of carbonyl (C=O) groups excluding carboxylic acids is 4. The predicted molar refractivity (Wildman–Crippen MR) is 148 cm³/mol. The fourth-order valence-corrected chi connectivity index (χ4v) is 8.16. The predicted octanol–water partition coefficient (Wildman–Crippen LogP) is 2.93. The van der Waals surface area contributed by atoms with Crippen molar-refractivity contribution in [3.63, 3.8) is 0 Å². The van der Waals surface area contributed by atoms with Crippen molar-refractivity contribution < 1.29 is 48.3 Å². The minimum absolute atomic E-state index is 0.0611. The van der Waals surface area contributed by atoms with Crippen molar-refractivity contribution in [2.75, 3.05) is 6.61 Å². The van der Waals surface area contributed by atoms with Crippen LogP contribution in [0.15, 0.2) is 41.5 Å². The number of hydrogen-bond acceptors (Lipinski definition) is 10. The molecular weight excluding hydrogens is 544 g/mol. The largest absolute Gasteiger partial charge is 0.455 e. The van der Waals surface area contributed by atoms with Crippen molar-refractivity contribution >= 4 is 23.7 Å². The van der Waals surface area contributed by atoms with Crippen LogP contribution in [0.3, 0.4) is 0 Å². The Kier molecular flexibility index (Phi) is 7.23. The van der Waals surface area contributed by atoms with Gasteiger partial charge in [-0.25, -0.2) is 4.79 Å². The molecule has 42 heavy (non-hydrogen) atoms. The molecule has 10 heteroatoms. The van der Waals surface area contributed by atoms with Crippen molar-refractivity contribution in [3.8, 4) is 0 Å². The molecule has 0 spiro atoms. The van der Waals surface area contributed by atoms with Gasteiger partial charge in [-0.05, 0) is 43.9 Å². The normalized spacial score (nSPS) is 40.4. The van der Waals surface area contributed by atoms with Gasteiger partial charge in [-0.3, -0.25) is 14.4 Å². The van der Waals surface area contributed by atoms with Crippen molar-refractivity contribution in [1.82, 2.24) is 0 Å². The highest BCUT2D eigenvalue weighted by Crippen LogP contribution is 2.64. The fourth-order valence-electron chi connectivity index (χ4n) is 8.16. The minimum Gasteiger partial charge on any atom is -0.455 e. The Morgan fingerprint density at radius 1 is 1.02 bits per heavy atom. The zero-order chi connectivity index (χ0) is 31.0. The molecule has 3 aliphatic carbocycles. The maximum Gasteiger partial charge on any atom is 0.338 e. The lowest BCUT2D eigenvalue weighted by molar-refractivity contribution is -0.345. The van der Waals surface area contributed by atoms with Crippen LogP contribution in [0.5, 0.6) is 0 Å². The third-order valence-corrected chi connectivity index (χ3v) is 10.6. The zero-order valence-corrected chi connectivity index (χ0v) is 25.1. The van der Waals surface area contributed by atoms with Gasteiger partial charge in [0, 0.05) is 25.7 Å². The van der Waals surface area contributed by atoms with Crippen molar-refractivity contribution in [1.29, 1.82) is 0 Å². The smallest absolute Gasteiger partial charge is 0.338 e. The number of benzene rings is 1. The quantitative estimate of drug-likeness (QED) is 0.308. The van der Waals surface area contributed by atoms with Gasteiger partial charge in [0.1, 0.15) is 17.8 Å². The number of ether oxygens (including phenoxy) is 4. The van der Waals surface area contributed by atoms with E-state index in [-0.39, 0.29) is 30.9 Å². The second kappa shape index (κ2) is 9.99. The van der Waals surface area contributed by atoms with Crippen molar-refractivity contribution in [3.05, 3.63) is 47.0 Å². The first-order chi connectivity index (χ1) is 19.5. The molecule has 1 aliphatic heterocycles. The number of carbonyl (C=O) groups is 4. The summed E-state index contributed by atoms with van der Waals surface area (Å²) < 4.78 is 23.8. The second-order valence-corrected chi connectivity index (χ2v) is 13.2. The summed E-state index contributed by atoms with van der Waals surface area (Å²) in [5.74, 6) is -4.29. The summed E-state index contributed by atoms with van der Waals surface area (Å²) in [4.78, 5) is 53.7. The van der Waals surface area contributed by atoms with Crippen LogP contribution in [-0.4, -0.2) is 76.1 Å². The van der Waals surface area contributed by atoms with E-state index >= 15 is 0 Å². The molecule has 2 unspecified atom stereocenters. The monoisotopic (exact) mass is 584 g/mol. The summed E-state index contributed by atoms with van der Waals surface area (Å²) in [5.41, 5.74) is -5.05. The summed E-state index contributed by atoms with van der Waals surface area (Å²) >= 11 is 0. The van der Waals surface area contributed by atoms with E-state index in [4.69, 9.17) is 18.9 Å². The van der Waals surface area contributed by atoms with Gasteiger partial charge in [0.2, 0.25) is 0 Å². The van der Waals surface area contributed by atoms with E-state index in [9.17, 15) is 29.4 Å². The molecule has 2 bridgehead atoms. The van der Waals surface area contributed by atoms with E-state index in [1.54, 1.807) is 44.2 Å². The first-order valence-electron chi connectivity index (χ1n) is 14.4. The van der Waals surface area contributed by atoms with E-state index in [2.05, 4.69) is 0 Å². The third-order valence-electron chi connectivity index (χ3n) is 10.6. The summed E-state index contributed by atoms with van der Waals surface area (Å²) in [5, 5.41) is 24.7. The molecule has 9 atom stereocenters. The number of esters is 3. The van der Waals surface area contributed by atoms with Gasteiger partial charge in [-0.2, -0.15) is 0 Å². The molecule has 10 nitrogen and oxygen atoms in total. The number of rotatable bonds is 4. The highest BCUT2D eigenvalue weighted by Gasteiger charge is 2.78. The number of fused-ring (bicyclic) bond motifs is 5. The zero-order valence-electron chi connectivity index (χ0n) is 25.1. The van der Waals surface area contributed by atoms with Crippen molar-refractivity contribution in [2.45, 2.75) is 96.9 Å². The maximum atomic E-state index is 14.9. The second-order valence-electron chi connectivity index (χ2n) is 13.2. The molecule has 1 saturated heterocycles. The molecule has 0 amide bonds. The lowest BCUT2D eigenvalue weighted by Gasteiger charge is -2.67. The Hall–Kier alpha value is -3.08. The van der Waals surface area contributed by atoms with E-state index in [1.165, 1.54) is 20.8 Å². The Bertz CT molecular complexity index is 1350. The van der Waals surface area contributed by atoms with Crippen LogP contribution >= 0.6 is 0 Å². The molecule has 1 aromatic rings. The average Bonchev–Trinajstić information content (AvgIpc) is 2.90. The number of Topliss-reactive ketones (excluding diaryl/α,β-unsaturated/α-hetero) is 1. The SMILES string of the molecule is CC(=O)OC1C(=O)[C@@]2(C)C([C@H](OC(=O)c3ccccc3)[C@]3(O)C[C@H](C)C(C)=C1C3(C)C)[C@]1(OC(C)=O)CO[C@@H]1C[C@@H]2O. The van der Waals surface area contributed by atoms with Gasteiger partial charge in [0.15, 0.2) is 17.5 Å². The Morgan fingerprint density at radius 3 is 2.21 bits per heavy atom. The number of allylic oxidation sites excluding steroid dienone is 1. The number of hydrogen-bond donors (Lipinski definition) is 2. The maximum absolute atomic E-state index is 14.9. The van der Waals surface area contributed by atoms with Crippen LogP contribution in [0.2, 0.25) is 0 Å². The lowest BCUT2D eigenvalue weighted by atomic mass is 9.44.